The van der Waals surface area contributed by atoms with E-state index in [2.05, 4.69) is 25.3 Å². The van der Waals surface area contributed by atoms with Gasteiger partial charge in [0.15, 0.2) is 0 Å². The van der Waals surface area contributed by atoms with Crippen LogP contribution in [0.25, 0.3) is 22.4 Å². The number of halogens is 4. The van der Waals surface area contributed by atoms with Gasteiger partial charge in [0.25, 0.3) is 5.56 Å². The summed E-state index contributed by atoms with van der Waals surface area (Å²) < 4.78 is 4.76. The van der Waals surface area contributed by atoms with Crippen LogP contribution >= 0.6 is 46.4 Å². The van der Waals surface area contributed by atoms with E-state index < -0.39 is 0 Å². The third-order valence-electron chi connectivity index (χ3n) is 6.37. The molecule has 3 aromatic heterocycles. The summed E-state index contributed by atoms with van der Waals surface area (Å²) in [6.07, 6.45) is 3.33. The quantitative estimate of drug-likeness (QED) is 0.0566. The van der Waals surface area contributed by atoms with E-state index in [0.29, 0.717) is 60.5 Å². The number of carbonyl (C=O) groups excluding carboxylic acids is 2. The van der Waals surface area contributed by atoms with Gasteiger partial charge >= 0.3 is 5.97 Å². The number of aromatic nitrogens is 4. The Hall–Kier alpha value is -4.61. The Bertz CT molecular complexity index is 1950. The number of ketones is 1. The Balaban J connectivity index is 0.000000208. The molecular weight excluding hydrogens is 698 g/mol. The third-order valence-corrected chi connectivity index (χ3v) is 7.53. The molecule has 2 aromatic carbocycles. The van der Waals surface area contributed by atoms with Crippen LogP contribution in [-0.2, 0) is 16.0 Å². The molecule has 0 aliphatic rings. The first kappa shape index (κ1) is 37.8. The van der Waals surface area contributed by atoms with Crippen molar-refractivity contribution >= 4 is 63.9 Å². The maximum atomic E-state index is 12.3. The second-order valence-corrected chi connectivity index (χ2v) is 11.4. The number of nitrogens with one attached hydrogen (secondary N) is 1. The molecule has 5 rings (SSSR count). The molecule has 0 atom stereocenters. The van der Waals surface area contributed by atoms with Gasteiger partial charge in [-0.15, -0.1) is 0 Å². The molecule has 0 bridgehead atoms. The Kier molecular flexibility index (Phi) is 14.7. The second kappa shape index (κ2) is 18.7. The lowest BCUT2D eigenvalue weighted by molar-refractivity contribution is -0.142. The number of rotatable bonds is 7. The summed E-state index contributed by atoms with van der Waals surface area (Å²) in [5, 5.41) is 12.0. The van der Waals surface area contributed by atoms with E-state index in [1.54, 1.807) is 86.9 Å². The topological polar surface area (TPSA) is 153 Å². The van der Waals surface area contributed by atoms with Crippen molar-refractivity contribution in [1.29, 1.82) is 0 Å². The highest BCUT2D eigenvalue weighted by Gasteiger charge is 2.19. The molecule has 0 fully saturated rings. The van der Waals surface area contributed by atoms with Crippen molar-refractivity contribution in [1.82, 2.24) is 20.2 Å². The molecule has 0 aliphatic heterocycles. The number of ether oxygens (including phenoxy) is 1. The average molecular weight is 728 g/mol. The van der Waals surface area contributed by atoms with Crippen molar-refractivity contribution in [2.45, 2.75) is 27.2 Å². The lowest BCUT2D eigenvalue weighted by atomic mass is 9.97. The first-order chi connectivity index (χ1) is 23.0. The van der Waals surface area contributed by atoms with Crippen LogP contribution in [0.15, 0.2) is 95.1 Å². The van der Waals surface area contributed by atoms with Gasteiger partial charge in [-0.1, -0.05) is 58.5 Å². The van der Waals surface area contributed by atoms with Crippen LogP contribution in [-0.4, -0.2) is 44.2 Å². The molecule has 0 saturated heterocycles. The summed E-state index contributed by atoms with van der Waals surface area (Å²) in [5.41, 5.74) is 4.08. The fourth-order valence-corrected chi connectivity index (χ4v) is 4.73. The highest BCUT2D eigenvalue weighted by molar-refractivity contribution is 6.45. The van der Waals surface area contributed by atoms with E-state index in [1.165, 1.54) is 0 Å². The number of aromatic amines is 1. The van der Waals surface area contributed by atoms with E-state index in [4.69, 9.17) is 57.0 Å². The van der Waals surface area contributed by atoms with Crippen molar-refractivity contribution in [3.8, 4) is 22.4 Å². The van der Waals surface area contributed by atoms with Crippen molar-refractivity contribution in [3.05, 3.63) is 133 Å². The summed E-state index contributed by atoms with van der Waals surface area (Å²) >= 11 is 23.6. The molecule has 10 nitrogen and oxygen atoms in total. The zero-order valence-corrected chi connectivity index (χ0v) is 29.0. The van der Waals surface area contributed by atoms with Crippen LogP contribution in [0.5, 0.6) is 0 Å². The fraction of sp³-hybridized carbons (Fsp3) is 0.147. The molecule has 0 radical (unpaired) electrons. The molecule has 5 aromatic rings. The van der Waals surface area contributed by atoms with E-state index in [9.17, 15) is 14.4 Å². The SMILES string of the molecule is C/C(=N/N)C(=O)c1ccc(Cl)cc1.CCOC(=O)Cc1ncccc1Cl.Cc1n[nH]c(=O)c(-c2ncccc2Cl)c1-c1ccc(Cl)cc1. The Labute approximate surface area is 296 Å². The van der Waals surface area contributed by atoms with Crippen LogP contribution in [0.3, 0.4) is 0 Å². The number of hydrazone groups is 1. The third kappa shape index (κ3) is 10.7. The standard InChI is InChI=1S/C16H11Cl2N3O.C9H9ClN2O.C9H10ClNO2/c1-9-13(10-4-6-11(17)7-5-10)14(16(22)21-20-9)15-12(18)3-2-8-19-15;1-6(12-11)9(13)7-2-4-8(10)5-3-7;1-2-13-9(12)6-8-7(10)4-3-5-11-8/h2-8H,1H3,(H,21,22);2-5H,11H2,1H3;3-5H,2,6H2,1H3/b;12-6-;. The molecule has 48 heavy (non-hydrogen) atoms. The zero-order chi connectivity index (χ0) is 35.2. The van der Waals surface area contributed by atoms with Gasteiger partial charge in [-0.2, -0.15) is 10.2 Å². The number of H-pyrrole nitrogens is 1. The molecule has 3 N–H and O–H groups in total. The number of esters is 1. The minimum atomic E-state index is -0.337. The highest BCUT2D eigenvalue weighted by atomic mass is 35.5. The number of hydrogen-bond donors (Lipinski definition) is 2. The van der Waals surface area contributed by atoms with Gasteiger partial charge in [-0.25, -0.2) is 5.10 Å². The van der Waals surface area contributed by atoms with Crippen molar-refractivity contribution in [2.24, 2.45) is 10.9 Å². The van der Waals surface area contributed by atoms with Gasteiger partial charge in [0, 0.05) is 33.6 Å². The van der Waals surface area contributed by atoms with Crippen molar-refractivity contribution in [3.63, 3.8) is 0 Å². The van der Waals surface area contributed by atoms with E-state index in [-0.39, 0.29) is 29.4 Å². The monoisotopic (exact) mass is 726 g/mol. The summed E-state index contributed by atoms with van der Waals surface area (Å²) in [7, 11) is 0. The Morgan fingerprint density at radius 3 is 2.00 bits per heavy atom. The molecule has 0 spiro atoms. The van der Waals surface area contributed by atoms with Crippen LogP contribution in [0.2, 0.25) is 20.1 Å². The molecule has 0 saturated carbocycles. The maximum Gasteiger partial charge on any atom is 0.311 e. The van der Waals surface area contributed by atoms with Crippen LogP contribution in [0, 0.1) is 6.92 Å². The second-order valence-electron chi connectivity index (χ2n) is 9.69. The lowest BCUT2D eigenvalue weighted by Crippen LogP contribution is -2.15. The van der Waals surface area contributed by atoms with Crippen LogP contribution < -0.4 is 11.4 Å². The minimum Gasteiger partial charge on any atom is -0.466 e. The molecule has 248 valence electrons. The van der Waals surface area contributed by atoms with Gasteiger partial charge in [-0.05, 0) is 87.0 Å². The Morgan fingerprint density at radius 1 is 0.854 bits per heavy atom. The number of hydrogen-bond acceptors (Lipinski definition) is 9. The molecule has 3 heterocycles. The van der Waals surface area contributed by atoms with Gasteiger partial charge in [-0.3, -0.25) is 24.4 Å². The van der Waals surface area contributed by atoms with Gasteiger partial charge in [0.05, 0.1) is 45.7 Å². The summed E-state index contributed by atoms with van der Waals surface area (Å²) in [6, 6.07) is 20.6. The average Bonchev–Trinajstić information content (AvgIpc) is 3.08. The first-order valence-corrected chi connectivity index (χ1v) is 15.7. The normalized spacial score (nSPS) is 10.6. The maximum absolute atomic E-state index is 12.3. The lowest BCUT2D eigenvalue weighted by Gasteiger charge is -2.11. The summed E-state index contributed by atoms with van der Waals surface area (Å²) in [6.45, 7) is 5.53. The molecular formula is C34H30Cl4N6O4. The first-order valence-electron chi connectivity index (χ1n) is 14.2. The van der Waals surface area contributed by atoms with Crippen molar-refractivity contribution < 1.29 is 14.3 Å². The predicted octanol–water partition coefficient (Wildman–Crippen LogP) is 7.81. The van der Waals surface area contributed by atoms with E-state index in [0.717, 1.165) is 5.56 Å². The molecule has 0 amide bonds. The number of nitrogens with two attached hydrogens (primary N) is 1. The fourth-order valence-electron chi connectivity index (χ4n) is 4.07. The van der Waals surface area contributed by atoms with Gasteiger partial charge in [0.2, 0.25) is 5.78 Å². The smallest absolute Gasteiger partial charge is 0.311 e. The molecule has 0 aliphatic carbocycles. The number of carbonyl (C=O) groups is 2. The molecule has 0 unspecified atom stereocenters. The van der Waals surface area contributed by atoms with Gasteiger partial charge in [0.1, 0.15) is 5.71 Å². The van der Waals surface area contributed by atoms with Gasteiger partial charge < -0.3 is 10.6 Å². The number of Topliss-reactive ketones (excluding diaryl/α,β-unsaturated/α-hetero) is 1. The Morgan fingerprint density at radius 2 is 1.44 bits per heavy atom. The highest BCUT2D eigenvalue weighted by Crippen LogP contribution is 2.33. The largest absolute Gasteiger partial charge is 0.466 e. The minimum absolute atomic E-state index is 0.132. The van der Waals surface area contributed by atoms with E-state index in [1.807, 2.05) is 19.1 Å². The predicted molar refractivity (Wildman–Crippen MR) is 191 cm³/mol. The zero-order valence-electron chi connectivity index (χ0n) is 26.0. The summed E-state index contributed by atoms with van der Waals surface area (Å²) in [4.78, 5) is 43.0. The van der Waals surface area contributed by atoms with E-state index >= 15 is 0 Å². The number of benzene rings is 2. The van der Waals surface area contributed by atoms with Crippen molar-refractivity contribution in [2.75, 3.05) is 6.61 Å². The number of nitrogens with zero attached hydrogens (tertiary/aromatic N) is 4. The number of aryl methyl sites for hydroxylation is 1. The number of pyridine rings is 2. The summed E-state index contributed by atoms with van der Waals surface area (Å²) in [5.74, 6) is 4.50. The molecule has 14 heteroatoms. The van der Waals surface area contributed by atoms with Crippen LogP contribution in [0.4, 0.5) is 0 Å². The van der Waals surface area contributed by atoms with Crippen LogP contribution in [0.1, 0.15) is 35.6 Å².